The number of hydrogen-bond donors (Lipinski definition) is 1. The molecule has 0 bridgehead atoms. The van der Waals surface area contributed by atoms with Gasteiger partial charge in [-0.1, -0.05) is 18.2 Å². The number of nitrogen functional groups attached to an aromatic ring is 1. The van der Waals surface area contributed by atoms with Crippen molar-refractivity contribution in [3.63, 3.8) is 0 Å². The summed E-state index contributed by atoms with van der Waals surface area (Å²) in [5.74, 6) is 1.27. The quantitative estimate of drug-likeness (QED) is 0.646. The molecule has 2 aromatic carbocycles. The molecule has 2 N–H and O–H groups in total. The van der Waals surface area contributed by atoms with Crippen molar-refractivity contribution in [2.75, 3.05) is 5.73 Å². The van der Waals surface area contributed by atoms with Crippen molar-refractivity contribution < 1.29 is 9.53 Å². The van der Waals surface area contributed by atoms with E-state index in [0.717, 1.165) is 5.75 Å². The molecule has 0 aliphatic heterocycles. The Balaban J connectivity index is 2.29. The van der Waals surface area contributed by atoms with E-state index in [2.05, 4.69) is 0 Å². The number of anilines is 1. The highest BCUT2D eigenvalue weighted by Crippen LogP contribution is 2.25. The number of carbonyl (C=O) groups is 1. The minimum absolute atomic E-state index is 0.0685. The lowest BCUT2D eigenvalue weighted by atomic mass is 10.1. The number of ketones is 1. The van der Waals surface area contributed by atoms with Crippen LogP contribution in [0.15, 0.2) is 48.5 Å². The van der Waals surface area contributed by atoms with E-state index >= 15 is 0 Å². The fourth-order valence-corrected chi connectivity index (χ4v) is 1.53. The van der Waals surface area contributed by atoms with Gasteiger partial charge in [0.05, 0.1) is 0 Å². The third-order valence-corrected chi connectivity index (χ3v) is 2.38. The molecule has 3 heteroatoms. The van der Waals surface area contributed by atoms with E-state index in [-0.39, 0.29) is 5.78 Å². The molecule has 0 fully saturated rings. The number of ether oxygens (including phenoxy) is 1. The standard InChI is InChI=1S/C14H13NO2/c1-10(16)13-9-12(7-8-14(13)15)17-11-5-3-2-4-6-11/h2-9H,15H2,1H3. The SMILES string of the molecule is CC(=O)c1cc(Oc2ccccc2)ccc1N. The lowest BCUT2D eigenvalue weighted by molar-refractivity contribution is 0.101. The van der Waals surface area contributed by atoms with Gasteiger partial charge in [0.2, 0.25) is 0 Å². The number of nitrogens with two attached hydrogens (primary N) is 1. The van der Waals surface area contributed by atoms with Crippen molar-refractivity contribution >= 4 is 11.5 Å². The maximum absolute atomic E-state index is 11.3. The first kappa shape index (κ1) is 11.2. The summed E-state index contributed by atoms with van der Waals surface area (Å²) in [6, 6.07) is 14.5. The van der Waals surface area contributed by atoms with Gasteiger partial charge < -0.3 is 10.5 Å². The van der Waals surface area contributed by atoms with E-state index in [4.69, 9.17) is 10.5 Å². The van der Waals surface area contributed by atoms with Crippen LogP contribution in [0.4, 0.5) is 5.69 Å². The largest absolute Gasteiger partial charge is 0.457 e. The topological polar surface area (TPSA) is 52.3 Å². The molecular formula is C14H13NO2. The minimum atomic E-state index is -0.0685. The van der Waals surface area contributed by atoms with E-state index in [9.17, 15) is 4.79 Å². The molecular weight excluding hydrogens is 214 g/mol. The van der Waals surface area contributed by atoms with Gasteiger partial charge in [-0.05, 0) is 37.3 Å². The maximum Gasteiger partial charge on any atom is 0.162 e. The van der Waals surface area contributed by atoms with E-state index in [1.54, 1.807) is 18.2 Å². The monoisotopic (exact) mass is 227 g/mol. The average molecular weight is 227 g/mol. The second-order valence-corrected chi connectivity index (χ2v) is 3.72. The van der Waals surface area contributed by atoms with E-state index in [1.807, 2.05) is 30.3 Å². The van der Waals surface area contributed by atoms with Gasteiger partial charge in [0.15, 0.2) is 5.78 Å². The van der Waals surface area contributed by atoms with E-state index < -0.39 is 0 Å². The molecule has 0 heterocycles. The lowest BCUT2D eigenvalue weighted by Gasteiger charge is -2.08. The highest BCUT2D eigenvalue weighted by molar-refractivity contribution is 5.99. The van der Waals surface area contributed by atoms with Crippen molar-refractivity contribution in [1.82, 2.24) is 0 Å². The van der Waals surface area contributed by atoms with Crippen LogP contribution in [0.5, 0.6) is 11.5 Å². The summed E-state index contributed by atoms with van der Waals surface area (Å²) in [6.07, 6.45) is 0. The van der Waals surface area contributed by atoms with Crippen LogP contribution in [0, 0.1) is 0 Å². The zero-order chi connectivity index (χ0) is 12.3. The number of para-hydroxylation sites is 1. The third-order valence-electron chi connectivity index (χ3n) is 2.38. The first-order valence-electron chi connectivity index (χ1n) is 5.30. The van der Waals surface area contributed by atoms with Crippen LogP contribution in [0.2, 0.25) is 0 Å². The van der Waals surface area contributed by atoms with Crippen molar-refractivity contribution in [2.24, 2.45) is 0 Å². The normalized spacial score (nSPS) is 9.94. The molecule has 0 aliphatic carbocycles. The summed E-state index contributed by atoms with van der Waals surface area (Å²) >= 11 is 0. The van der Waals surface area contributed by atoms with Crippen molar-refractivity contribution in [1.29, 1.82) is 0 Å². The molecule has 0 amide bonds. The predicted octanol–water partition coefficient (Wildman–Crippen LogP) is 3.26. The highest BCUT2D eigenvalue weighted by Gasteiger charge is 2.06. The van der Waals surface area contributed by atoms with Crippen molar-refractivity contribution in [2.45, 2.75) is 6.92 Å². The van der Waals surface area contributed by atoms with Crippen molar-refractivity contribution in [3.8, 4) is 11.5 Å². The van der Waals surface area contributed by atoms with Gasteiger partial charge in [-0.2, -0.15) is 0 Å². The molecule has 0 radical (unpaired) electrons. The Morgan fingerprint density at radius 2 is 1.76 bits per heavy atom. The summed E-state index contributed by atoms with van der Waals surface area (Å²) in [4.78, 5) is 11.3. The summed E-state index contributed by atoms with van der Waals surface area (Å²) in [5.41, 5.74) is 6.66. The zero-order valence-corrected chi connectivity index (χ0v) is 9.51. The molecule has 2 aromatic rings. The predicted molar refractivity (Wildman–Crippen MR) is 67.4 cm³/mol. The Labute approximate surface area is 99.8 Å². The van der Waals surface area contributed by atoms with Gasteiger partial charge in [0.1, 0.15) is 11.5 Å². The summed E-state index contributed by atoms with van der Waals surface area (Å²) in [6.45, 7) is 1.48. The summed E-state index contributed by atoms with van der Waals surface area (Å²) < 4.78 is 5.62. The number of Topliss-reactive ketones (excluding diaryl/α,β-unsaturated/α-hetero) is 1. The molecule has 86 valence electrons. The van der Waals surface area contributed by atoms with Crippen LogP contribution in [0.25, 0.3) is 0 Å². The average Bonchev–Trinajstić information content (AvgIpc) is 2.32. The number of carbonyl (C=O) groups excluding carboxylic acids is 1. The van der Waals surface area contributed by atoms with Crippen LogP contribution in [-0.4, -0.2) is 5.78 Å². The van der Waals surface area contributed by atoms with Gasteiger partial charge in [0, 0.05) is 11.3 Å². The molecule has 0 unspecified atom stereocenters. The Hall–Kier alpha value is -2.29. The summed E-state index contributed by atoms with van der Waals surface area (Å²) in [7, 11) is 0. The van der Waals surface area contributed by atoms with E-state index in [0.29, 0.717) is 17.0 Å². The summed E-state index contributed by atoms with van der Waals surface area (Å²) in [5, 5.41) is 0. The number of rotatable bonds is 3. The molecule has 0 saturated carbocycles. The number of hydrogen-bond acceptors (Lipinski definition) is 3. The fourth-order valence-electron chi connectivity index (χ4n) is 1.53. The Kier molecular flexibility index (Phi) is 3.10. The molecule has 0 aromatic heterocycles. The third kappa shape index (κ3) is 2.64. The molecule has 0 spiro atoms. The molecule has 2 rings (SSSR count). The Bertz CT molecular complexity index is 535. The second-order valence-electron chi connectivity index (χ2n) is 3.72. The fraction of sp³-hybridized carbons (Fsp3) is 0.0714. The Morgan fingerprint density at radius 3 is 2.41 bits per heavy atom. The van der Waals surface area contributed by atoms with Gasteiger partial charge in [-0.15, -0.1) is 0 Å². The Morgan fingerprint density at radius 1 is 1.06 bits per heavy atom. The van der Waals surface area contributed by atoms with E-state index in [1.165, 1.54) is 6.92 Å². The number of benzene rings is 2. The molecule has 0 atom stereocenters. The first-order valence-corrected chi connectivity index (χ1v) is 5.30. The van der Waals surface area contributed by atoms with Gasteiger partial charge >= 0.3 is 0 Å². The molecule has 0 saturated heterocycles. The second kappa shape index (κ2) is 4.70. The van der Waals surface area contributed by atoms with Gasteiger partial charge in [0.25, 0.3) is 0 Å². The smallest absolute Gasteiger partial charge is 0.162 e. The van der Waals surface area contributed by atoms with Crippen molar-refractivity contribution in [3.05, 3.63) is 54.1 Å². The van der Waals surface area contributed by atoms with Crippen LogP contribution in [0.1, 0.15) is 17.3 Å². The van der Waals surface area contributed by atoms with Crippen LogP contribution >= 0.6 is 0 Å². The van der Waals surface area contributed by atoms with Gasteiger partial charge in [-0.3, -0.25) is 4.79 Å². The van der Waals surface area contributed by atoms with Crippen LogP contribution in [-0.2, 0) is 0 Å². The minimum Gasteiger partial charge on any atom is -0.457 e. The molecule has 0 aliphatic rings. The van der Waals surface area contributed by atoms with Crippen LogP contribution < -0.4 is 10.5 Å². The molecule has 17 heavy (non-hydrogen) atoms. The lowest BCUT2D eigenvalue weighted by Crippen LogP contribution is -1.99. The maximum atomic E-state index is 11.3. The van der Waals surface area contributed by atoms with Gasteiger partial charge in [-0.25, -0.2) is 0 Å². The molecule has 3 nitrogen and oxygen atoms in total. The highest BCUT2D eigenvalue weighted by atomic mass is 16.5. The zero-order valence-electron chi connectivity index (χ0n) is 9.51. The first-order chi connectivity index (χ1) is 8.16. The van der Waals surface area contributed by atoms with Crippen LogP contribution in [0.3, 0.4) is 0 Å².